The fourth-order valence-electron chi connectivity index (χ4n) is 3.43. The second-order valence-corrected chi connectivity index (χ2v) is 7.16. The minimum Gasteiger partial charge on any atom is -0.383 e. The third kappa shape index (κ3) is 8.78. The van der Waals surface area contributed by atoms with E-state index in [0.717, 1.165) is 56.8 Å². The van der Waals surface area contributed by atoms with Crippen LogP contribution < -0.4 is 10.6 Å². The molecule has 0 bridgehead atoms. The Labute approximate surface area is 181 Å². The molecule has 1 fully saturated rings. The Hall–Kier alpha value is -0.870. The lowest BCUT2D eigenvalue weighted by Crippen LogP contribution is -2.43. The van der Waals surface area contributed by atoms with Gasteiger partial charge in [-0.05, 0) is 58.2 Å². The molecule has 1 aromatic heterocycles. The van der Waals surface area contributed by atoms with Gasteiger partial charge in [0.05, 0.1) is 12.3 Å². The van der Waals surface area contributed by atoms with Gasteiger partial charge in [-0.1, -0.05) is 0 Å². The lowest BCUT2D eigenvalue weighted by molar-refractivity contribution is 0.121. The summed E-state index contributed by atoms with van der Waals surface area (Å²) < 4.78 is 7.24. The van der Waals surface area contributed by atoms with Crippen LogP contribution in [0.1, 0.15) is 30.7 Å². The van der Waals surface area contributed by atoms with E-state index in [0.29, 0.717) is 0 Å². The van der Waals surface area contributed by atoms with Crippen molar-refractivity contribution in [3.63, 3.8) is 0 Å². The molecular weight excluding hydrogens is 455 g/mol. The average molecular weight is 492 g/mol. The first kappa shape index (κ1) is 24.2. The number of hydrogen-bond acceptors (Lipinski definition) is 4. The molecule has 1 saturated heterocycles. The molecule has 8 heteroatoms. The van der Waals surface area contributed by atoms with Crippen molar-refractivity contribution >= 4 is 29.9 Å². The Morgan fingerprint density at radius 3 is 2.59 bits per heavy atom. The zero-order valence-electron chi connectivity index (χ0n) is 17.3. The van der Waals surface area contributed by atoms with Crippen LogP contribution in [0.15, 0.2) is 11.1 Å². The van der Waals surface area contributed by atoms with Crippen molar-refractivity contribution in [3.8, 4) is 0 Å². The van der Waals surface area contributed by atoms with Gasteiger partial charge in [-0.2, -0.15) is 5.10 Å². The van der Waals surface area contributed by atoms with Gasteiger partial charge in [-0.25, -0.2) is 0 Å². The zero-order valence-corrected chi connectivity index (χ0v) is 19.7. The monoisotopic (exact) mass is 492 g/mol. The van der Waals surface area contributed by atoms with Crippen LogP contribution in [0.3, 0.4) is 0 Å². The van der Waals surface area contributed by atoms with E-state index < -0.39 is 0 Å². The van der Waals surface area contributed by atoms with Crippen LogP contribution >= 0.6 is 24.0 Å². The maximum absolute atomic E-state index is 5.16. The van der Waals surface area contributed by atoms with Gasteiger partial charge in [0.15, 0.2) is 5.96 Å². The predicted octanol–water partition coefficient (Wildman–Crippen LogP) is 2.03. The van der Waals surface area contributed by atoms with Crippen LogP contribution in [-0.2, 0) is 11.3 Å². The van der Waals surface area contributed by atoms with Crippen molar-refractivity contribution in [2.24, 2.45) is 10.9 Å². The minimum absolute atomic E-state index is 0. The summed E-state index contributed by atoms with van der Waals surface area (Å²) in [5.41, 5.74) is 2.31. The highest BCUT2D eigenvalue weighted by atomic mass is 127. The maximum atomic E-state index is 5.16. The van der Waals surface area contributed by atoms with E-state index in [-0.39, 0.29) is 24.0 Å². The molecule has 2 rings (SSSR count). The van der Waals surface area contributed by atoms with Crippen LogP contribution in [-0.4, -0.2) is 74.1 Å². The summed E-state index contributed by atoms with van der Waals surface area (Å²) in [6.45, 7) is 11.2. The van der Waals surface area contributed by atoms with Crippen molar-refractivity contribution in [2.45, 2.75) is 39.7 Å². The number of nitrogens with one attached hydrogen (secondary N) is 2. The van der Waals surface area contributed by atoms with Crippen molar-refractivity contribution in [1.29, 1.82) is 0 Å². The van der Waals surface area contributed by atoms with E-state index in [4.69, 9.17) is 4.74 Å². The van der Waals surface area contributed by atoms with Crippen LogP contribution in [0.2, 0.25) is 0 Å². The fraction of sp³-hybridized carbons (Fsp3) is 0.789. The highest BCUT2D eigenvalue weighted by molar-refractivity contribution is 14.0. The van der Waals surface area contributed by atoms with E-state index in [1.807, 2.05) is 14.0 Å². The highest BCUT2D eigenvalue weighted by Gasteiger charge is 2.18. The van der Waals surface area contributed by atoms with Gasteiger partial charge >= 0.3 is 0 Å². The third-order valence-electron chi connectivity index (χ3n) is 5.04. The summed E-state index contributed by atoms with van der Waals surface area (Å²) in [6.07, 6.45) is 3.51. The van der Waals surface area contributed by atoms with Gasteiger partial charge in [-0.15, -0.1) is 24.0 Å². The number of methoxy groups -OCH3 is 1. The molecule has 0 amide bonds. The molecule has 0 saturated carbocycles. The van der Waals surface area contributed by atoms with Crippen molar-refractivity contribution in [1.82, 2.24) is 25.3 Å². The van der Waals surface area contributed by atoms with E-state index in [1.165, 1.54) is 31.6 Å². The zero-order chi connectivity index (χ0) is 18.8. The van der Waals surface area contributed by atoms with E-state index in [1.54, 1.807) is 7.11 Å². The van der Waals surface area contributed by atoms with Gasteiger partial charge < -0.3 is 20.3 Å². The number of rotatable bonds is 9. The smallest absolute Gasteiger partial charge is 0.190 e. The summed E-state index contributed by atoms with van der Waals surface area (Å²) in [7, 11) is 3.61. The van der Waals surface area contributed by atoms with Crippen molar-refractivity contribution < 1.29 is 4.74 Å². The molecule has 1 aliphatic heterocycles. The molecular formula is C19H37IN6O. The first-order valence-corrected chi connectivity index (χ1v) is 9.79. The number of aromatic nitrogens is 2. The van der Waals surface area contributed by atoms with Gasteiger partial charge in [-0.3, -0.25) is 9.67 Å². The molecule has 156 valence electrons. The first-order valence-electron chi connectivity index (χ1n) is 9.79. The second-order valence-electron chi connectivity index (χ2n) is 7.16. The number of nitrogens with zero attached hydrogens (tertiary/aromatic N) is 4. The number of likely N-dealkylation sites (tertiary alicyclic amines) is 1. The Bertz CT molecular complexity index is 554. The fourth-order valence-corrected chi connectivity index (χ4v) is 3.43. The van der Waals surface area contributed by atoms with Crippen LogP contribution in [0.25, 0.3) is 0 Å². The number of halogens is 1. The van der Waals surface area contributed by atoms with E-state index >= 15 is 0 Å². The van der Waals surface area contributed by atoms with Crippen molar-refractivity contribution in [3.05, 3.63) is 17.5 Å². The maximum Gasteiger partial charge on any atom is 0.190 e. The number of aryl methyl sites for hydroxylation is 3. The Balaban J connectivity index is 0.00000364. The number of aliphatic imine (C=N–C) groups is 1. The average Bonchev–Trinajstić information content (AvgIpc) is 2.97. The van der Waals surface area contributed by atoms with Gasteiger partial charge in [0, 0.05) is 46.0 Å². The molecule has 7 nitrogen and oxygen atoms in total. The number of guanidine groups is 1. The first-order chi connectivity index (χ1) is 12.6. The lowest BCUT2D eigenvalue weighted by Gasteiger charge is -2.32. The summed E-state index contributed by atoms with van der Waals surface area (Å²) in [6, 6.07) is 2.12. The Morgan fingerprint density at radius 1 is 1.26 bits per heavy atom. The molecule has 1 aliphatic rings. The normalized spacial score (nSPS) is 16.2. The SMILES string of the molecule is CN=C(NCCCn1nc(C)cc1C)NCC1CCN(CCOC)CC1.I. The van der Waals surface area contributed by atoms with Gasteiger partial charge in [0.25, 0.3) is 0 Å². The van der Waals surface area contributed by atoms with E-state index in [9.17, 15) is 0 Å². The van der Waals surface area contributed by atoms with E-state index in [2.05, 4.69) is 43.3 Å². The standard InChI is InChI=1S/C19H36N6O.HI/c1-16-14-17(2)25(23-16)9-5-8-21-19(20-3)22-15-18-6-10-24(11-7-18)12-13-26-4;/h14,18H,5-13,15H2,1-4H3,(H2,20,21,22);1H. The second kappa shape index (κ2) is 13.3. The Morgan fingerprint density at radius 2 is 2.00 bits per heavy atom. The molecule has 0 aromatic carbocycles. The van der Waals surface area contributed by atoms with Crippen LogP contribution in [0, 0.1) is 19.8 Å². The largest absolute Gasteiger partial charge is 0.383 e. The molecule has 0 aliphatic carbocycles. The molecule has 27 heavy (non-hydrogen) atoms. The van der Waals surface area contributed by atoms with Crippen LogP contribution in [0.4, 0.5) is 0 Å². The number of piperidine rings is 1. The van der Waals surface area contributed by atoms with Gasteiger partial charge in [0.1, 0.15) is 0 Å². The third-order valence-corrected chi connectivity index (χ3v) is 5.04. The van der Waals surface area contributed by atoms with Crippen LogP contribution in [0.5, 0.6) is 0 Å². The minimum atomic E-state index is 0. The summed E-state index contributed by atoms with van der Waals surface area (Å²) in [5, 5.41) is 11.4. The topological polar surface area (TPSA) is 66.7 Å². The number of hydrogen-bond donors (Lipinski definition) is 2. The summed E-state index contributed by atoms with van der Waals surface area (Å²) >= 11 is 0. The summed E-state index contributed by atoms with van der Waals surface area (Å²) in [5.74, 6) is 1.63. The molecule has 0 unspecified atom stereocenters. The molecule has 0 radical (unpaired) electrons. The molecule has 1 aromatic rings. The van der Waals surface area contributed by atoms with Gasteiger partial charge in [0.2, 0.25) is 0 Å². The number of ether oxygens (including phenoxy) is 1. The molecule has 2 heterocycles. The quantitative estimate of drug-likeness (QED) is 0.239. The molecule has 2 N–H and O–H groups in total. The Kier molecular flexibility index (Phi) is 11.9. The predicted molar refractivity (Wildman–Crippen MR) is 122 cm³/mol. The van der Waals surface area contributed by atoms with Crippen molar-refractivity contribution in [2.75, 3.05) is 53.5 Å². The summed E-state index contributed by atoms with van der Waals surface area (Å²) in [4.78, 5) is 6.83. The highest BCUT2D eigenvalue weighted by Crippen LogP contribution is 2.15. The molecule has 0 spiro atoms. The lowest BCUT2D eigenvalue weighted by atomic mass is 9.97. The molecule has 0 atom stereocenters.